The maximum Gasteiger partial charge on any atom is 0.417 e. The van der Waals surface area contributed by atoms with Gasteiger partial charge in [0.05, 0.1) is 22.2 Å². The molecule has 1 saturated heterocycles. The fourth-order valence-electron chi connectivity index (χ4n) is 4.24. The Morgan fingerprint density at radius 3 is 2.69 bits per heavy atom. The molecule has 0 saturated carbocycles. The number of para-hydroxylation sites is 2. The summed E-state index contributed by atoms with van der Waals surface area (Å²) in [5.41, 5.74) is 0.810. The zero-order valence-electron chi connectivity index (χ0n) is 17.3. The van der Waals surface area contributed by atoms with Gasteiger partial charge < -0.3 is 15.5 Å². The first-order chi connectivity index (χ1) is 15.4. The largest absolute Gasteiger partial charge is 0.417 e. The van der Waals surface area contributed by atoms with E-state index in [9.17, 15) is 18.0 Å². The Morgan fingerprint density at radius 1 is 1.09 bits per heavy atom. The van der Waals surface area contributed by atoms with Gasteiger partial charge in [0.2, 0.25) is 0 Å². The molecule has 32 heavy (non-hydrogen) atoms. The van der Waals surface area contributed by atoms with Crippen LogP contribution in [0.5, 0.6) is 0 Å². The first kappa shape index (κ1) is 20.5. The van der Waals surface area contributed by atoms with Crippen molar-refractivity contribution in [3.8, 4) is 0 Å². The highest BCUT2D eigenvalue weighted by molar-refractivity contribution is 6.06. The summed E-state index contributed by atoms with van der Waals surface area (Å²) >= 11 is 0. The Labute approximate surface area is 181 Å². The number of imidazole rings is 1. The molecule has 0 aliphatic carbocycles. The highest BCUT2D eigenvalue weighted by Gasteiger charge is 2.35. The normalized spacial score (nSPS) is 15.4. The van der Waals surface area contributed by atoms with E-state index >= 15 is 0 Å². The summed E-state index contributed by atoms with van der Waals surface area (Å²) in [6.45, 7) is 2.63. The van der Waals surface area contributed by atoms with E-state index < -0.39 is 17.6 Å². The van der Waals surface area contributed by atoms with Crippen LogP contribution in [0, 0.1) is 0 Å². The summed E-state index contributed by atoms with van der Waals surface area (Å²) in [5.74, 6) is -0.247. The highest BCUT2D eigenvalue weighted by atomic mass is 19.4. The smallest absolute Gasteiger partial charge is 0.355 e. The van der Waals surface area contributed by atoms with Gasteiger partial charge >= 0.3 is 6.18 Å². The Kier molecular flexibility index (Phi) is 4.89. The molecule has 10 heteroatoms. The van der Waals surface area contributed by atoms with Crippen LogP contribution in [0.1, 0.15) is 22.3 Å². The van der Waals surface area contributed by atoms with E-state index in [0.717, 1.165) is 19.0 Å². The highest BCUT2D eigenvalue weighted by Crippen LogP contribution is 2.38. The van der Waals surface area contributed by atoms with Crippen molar-refractivity contribution in [2.75, 3.05) is 38.1 Å². The minimum atomic E-state index is -4.62. The molecule has 2 N–H and O–H groups in total. The van der Waals surface area contributed by atoms with E-state index in [2.05, 4.69) is 20.6 Å². The predicted octanol–water partition coefficient (Wildman–Crippen LogP) is 3.21. The molecule has 4 aromatic rings. The van der Waals surface area contributed by atoms with Crippen LogP contribution in [-0.4, -0.2) is 53.5 Å². The molecular formula is C22H21F3N6O. The fourth-order valence-corrected chi connectivity index (χ4v) is 4.24. The lowest BCUT2D eigenvalue weighted by Gasteiger charge is -2.23. The maximum absolute atomic E-state index is 14.2. The number of alkyl halides is 3. The zero-order chi connectivity index (χ0) is 22.5. The molecule has 166 valence electrons. The lowest BCUT2D eigenvalue weighted by molar-refractivity contribution is -0.136. The van der Waals surface area contributed by atoms with E-state index in [1.165, 1.54) is 13.1 Å². The van der Waals surface area contributed by atoms with Crippen molar-refractivity contribution in [3.05, 3.63) is 47.5 Å². The molecule has 7 nitrogen and oxygen atoms in total. The molecule has 0 atom stereocenters. The molecule has 3 aromatic heterocycles. The number of fused-ring (bicyclic) bond motifs is 5. The third kappa shape index (κ3) is 3.31. The number of rotatable bonds is 2. The molecule has 5 rings (SSSR count). The first-order valence-corrected chi connectivity index (χ1v) is 10.4. The van der Waals surface area contributed by atoms with E-state index in [-0.39, 0.29) is 28.1 Å². The summed E-state index contributed by atoms with van der Waals surface area (Å²) in [6.07, 6.45) is -3.82. The van der Waals surface area contributed by atoms with Gasteiger partial charge in [-0.3, -0.25) is 9.20 Å². The van der Waals surface area contributed by atoms with Crippen molar-refractivity contribution in [2.24, 2.45) is 0 Å². The van der Waals surface area contributed by atoms with Crippen LogP contribution >= 0.6 is 0 Å². The molecule has 1 amide bonds. The van der Waals surface area contributed by atoms with E-state index in [1.54, 1.807) is 28.7 Å². The third-order valence-corrected chi connectivity index (χ3v) is 5.77. The van der Waals surface area contributed by atoms with Gasteiger partial charge in [0.25, 0.3) is 5.91 Å². The molecule has 0 bridgehead atoms. The van der Waals surface area contributed by atoms with Gasteiger partial charge in [0.1, 0.15) is 11.5 Å². The van der Waals surface area contributed by atoms with Gasteiger partial charge in [-0.25, -0.2) is 9.97 Å². The molecule has 1 aromatic carbocycles. The molecule has 1 fully saturated rings. The van der Waals surface area contributed by atoms with Crippen molar-refractivity contribution < 1.29 is 18.0 Å². The van der Waals surface area contributed by atoms with Crippen LogP contribution in [0.3, 0.4) is 0 Å². The number of carbonyl (C=O) groups is 1. The standard InChI is InChI=1S/C22H21F3N6O/c1-26-21(32)14-11-13-15(22(23,24)25)12-18(30-9-4-7-27-8-10-30)29-19(13)31-17-6-3-2-5-16(17)28-20(14)31/h2-3,5-6,11-12,27H,4,7-10H2,1H3,(H,26,32). The topological polar surface area (TPSA) is 74.6 Å². The van der Waals surface area contributed by atoms with Gasteiger partial charge in [-0.2, -0.15) is 13.2 Å². The lowest BCUT2D eigenvalue weighted by atomic mass is 10.1. The van der Waals surface area contributed by atoms with Crippen LogP contribution in [0.2, 0.25) is 0 Å². The van der Waals surface area contributed by atoms with Crippen LogP contribution in [0.4, 0.5) is 19.0 Å². The second kappa shape index (κ2) is 7.63. The maximum atomic E-state index is 14.2. The van der Waals surface area contributed by atoms with E-state index in [1.807, 2.05) is 4.90 Å². The number of hydrogen-bond acceptors (Lipinski definition) is 5. The molecule has 0 spiro atoms. The first-order valence-electron chi connectivity index (χ1n) is 10.4. The van der Waals surface area contributed by atoms with Crippen molar-refractivity contribution in [2.45, 2.75) is 12.6 Å². The van der Waals surface area contributed by atoms with Gasteiger partial charge in [-0.05, 0) is 37.2 Å². The minimum absolute atomic E-state index is 0.0650. The number of anilines is 1. The number of hydrogen-bond donors (Lipinski definition) is 2. The second-order valence-corrected chi connectivity index (χ2v) is 7.75. The van der Waals surface area contributed by atoms with Crippen molar-refractivity contribution in [3.63, 3.8) is 0 Å². The number of benzene rings is 1. The van der Waals surface area contributed by atoms with Crippen molar-refractivity contribution >= 4 is 39.4 Å². The van der Waals surface area contributed by atoms with Gasteiger partial charge in [-0.1, -0.05) is 12.1 Å². The van der Waals surface area contributed by atoms with Crippen LogP contribution in [-0.2, 0) is 6.18 Å². The van der Waals surface area contributed by atoms with E-state index in [4.69, 9.17) is 0 Å². The fraction of sp³-hybridized carbons (Fsp3) is 0.318. The SMILES string of the molecule is CNC(=O)c1cc2c(C(F)(F)F)cc(N3CCCNCC3)nc2n2c1nc1ccccc12. The average Bonchev–Trinajstić information content (AvgIpc) is 2.96. The summed E-state index contributed by atoms with van der Waals surface area (Å²) in [6, 6.07) is 9.44. The molecule has 1 aliphatic heterocycles. The molecule has 0 radical (unpaired) electrons. The third-order valence-electron chi connectivity index (χ3n) is 5.77. The number of carbonyl (C=O) groups excluding carboxylic acids is 1. The quantitative estimate of drug-likeness (QED) is 0.499. The average molecular weight is 442 g/mol. The molecule has 1 aliphatic rings. The van der Waals surface area contributed by atoms with Gasteiger partial charge in [0, 0.05) is 32.1 Å². The number of pyridine rings is 2. The number of aromatic nitrogens is 3. The number of amides is 1. The van der Waals surface area contributed by atoms with Crippen molar-refractivity contribution in [1.29, 1.82) is 0 Å². The Morgan fingerprint density at radius 2 is 1.91 bits per heavy atom. The summed E-state index contributed by atoms with van der Waals surface area (Å²) in [4.78, 5) is 23.7. The lowest BCUT2D eigenvalue weighted by Crippen LogP contribution is -2.29. The molecule has 0 unspecified atom stereocenters. The van der Waals surface area contributed by atoms with Crippen LogP contribution < -0.4 is 15.5 Å². The van der Waals surface area contributed by atoms with Crippen LogP contribution in [0.25, 0.3) is 27.7 Å². The Hall–Kier alpha value is -3.40. The van der Waals surface area contributed by atoms with Gasteiger partial charge in [-0.15, -0.1) is 0 Å². The Bertz CT molecular complexity index is 1340. The van der Waals surface area contributed by atoms with E-state index in [0.29, 0.717) is 30.7 Å². The number of nitrogens with zero attached hydrogens (tertiary/aromatic N) is 4. The Balaban J connectivity index is 1.92. The van der Waals surface area contributed by atoms with Gasteiger partial charge in [0.15, 0.2) is 5.65 Å². The predicted molar refractivity (Wildman–Crippen MR) is 116 cm³/mol. The second-order valence-electron chi connectivity index (χ2n) is 7.75. The van der Waals surface area contributed by atoms with Crippen molar-refractivity contribution in [1.82, 2.24) is 25.0 Å². The number of nitrogens with one attached hydrogen (secondary N) is 2. The number of halogens is 3. The summed E-state index contributed by atoms with van der Waals surface area (Å²) in [7, 11) is 1.44. The summed E-state index contributed by atoms with van der Waals surface area (Å²) in [5, 5.41) is 5.62. The monoisotopic (exact) mass is 442 g/mol. The zero-order valence-corrected chi connectivity index (χ0v) is 17.3. The molecule has 4 heterocycles. The summed E-state index contributed by atoms with van der Waals surface area (Å²) < 4.78 is 44.2. The molecular weight excluding hydrogens is 421 g/mol. The van der Waals surface area contributed by atoms with Crippen LogP contribution in [0.15, 0.2) is 36.4 Å². The minimum Gasteiger partial charge on any atom is -0.355 e.